The average molecular weight is 282 g/mol. The first-order valence-electron chi connectivity index (χ1n) is 8.82. The normalized spacial score (nSPS) is 28.4. The van der Waals surface area contributed by atoms with Gasteiger partial charge in [0, 0.05) is 19.2 Å². The van der Waals surface area contributed by atoms with Crippen LogP contribution in [0.3, 0.4) is 0 Å². The molecule has 118 valence electrons. The summed E-state index contributed by atoms with van der Waals surface area (Å²) in [5.41, 5.74) is 0. The summed E-state index contributed by atoms with van der Waals surface area (Å²) in [6.07, 6.45) is 9.89. The fourth-order valence-electron chi connectivity index (χ4n) is 3.52. The molecule has 2 unspecified atom stereocenters. The van der Waals surface area contributed by atoms with Crippen LogP contribution in [-0.4, -0.2) is 49.8 Å². The monoisotopic (exact) mass is 282 g/mol. The van der Waals surface area contributed by atoms with Gasteiger partial charge in [0.05, 0.1) is 6.10 Å². The predicted octanol–water partition coefficient (Wildman–Crippen LogP) is 3.05. The zero-order chi connectivity index (χ0) is 14.2. The maximum absolute atomic E-state index is 5.73. The Bertz CT molecular complexity index is 251. The third-order valence-electron chi connectivity index (χ3n) is 4.68. The van der Waals surface area contributed by atoms with Crippen LogP contribution >= 0.6 is 0 Å². The van der Waals surface area contributed by atoms with Gasteiger partial charge in [-0.05, 0) is 64.1 Å². The fraction of sp³-hybridized carbons (Fsp3) is 1.00. The van der Waals surface area contributed by atoms with Crippen molar-refractivity contribution in [1.29, 1.82) is 0 Å². The van der Waals surface area contributed by atoms with Crippen molar-refractivity contribution < 1.29 is 4.74 Å². The molecule has 3 heteroatoms. The average Bonchev–Trinajstić information content (AvgIpc) is 2.93. The zero-order valence-electron chi connectivity index (χ0n) is 13.6. The molecule has 20 heavy (non-hydrogen) atoms. The maximum atomic E-state index is 5.73. The summed E-state index contributed by atoms with van der Waals surface area (Å²) in [4.78, 5) is 2.73. The van der Waals surface area contributed by atoms with Gasteiger partial charge < -0.3 is 10.1 Å². The van der Waals surface area contributed by atoms with Gasteiger partial charge in [0.15, 0.2) is 0 Å². The lowest BCUT2D eigenvalue weighted by molar-refractivity contribution is 0.0907. The zero-order valence-corrected chi connectivity index (χ0v) is 13.6. The van der Waals surface area contributed by atoms with Gasteiger partial charge in [-0.1, -0.05) is 20.3 Å². The smallest absolute Gasteiger partial charge is 0.0576 e. The summed E-state index contributed by atoms with van der Waals surface area (Å²) in [6, 6.07) is 0.770. The Labute approximate surface area is 125 Å². The van der Waals surface area contributed by atoms with Gasteiger partial charge in [-0.15, -0.1) is 0 Å². The van der Waals surface area contributed by atoms with E-state index < -0.39 is 0 Å². The Kier molecular flexibility index (Phi) is 7.32. The van der Waals surface area contributed by atoms with Crippen LogP contribution < -0.4 is 5.32 Å². The molecule has 0 saturated carbocycles. The van der Waals surface area contributed by atoms with Crippen LogP contribution in [-0.2, 0) is 4.74 Å². The third kappa shape index (κ3) is 5.71. The molecule has 0 aliphatic carbocycles. The molecule has 0 aromatic carbocycles. The molecule has 2 fully saturated rings. The molecule has 0 aromatic heterocycles. The van der Waals surface area contributed by atoms with E-state index in [9.17, 15) is 0 Å². The number of nitrogens with one attached hydrogen (secondary N) is 1. The molecule has 2 aliphatic rings. The number of hydrogen-bond donors (Lipinski definition) is 1. The Hall–Kier alpha value is -0.120. The lowest BCUT2D eigenvalue weighted by Gasteiger charge is -2.36. The SMILES string of the molecule is CC(C)CNCC1CCCCN1CCCC1CCCO1. The van der Waals surface area contributed by atoms with Gasteiger partial charge in [-0.25, -0.2) is 0 Å². The molecule has 1 N–H and O–H groups in total. The molecule has 2 aliphatic heterocycles. The molecule has 2 atom stereocenters. The fourth-order valence-corrected chi connectivity index (χ4v) is 3.52. The molecule has 0 aromatic rings. The number of piperidine rings is 1. The molecule has 0 amide bonds. The van der Waals surface area contributed by atoms with Crippen LogP contribution in [0.4, 0.5) is 0 Å². The lowest BCUT2D eigenvalue weighted by atomic mass is 10.0. The van der Waals surface area contributed by atoms with Crippen molar-refractivity contribution in [3.8, 4) is 0 Å². The lowest BCUT2D eigenvalue weighted by Crippen LogP contribution is -2.46. The topological polar surface area (TPSA) is 24.5 Å². The largest absolute Gasteiger partial charge is 0.378 e. The molecule has 3 nitrogen and oxygen atoms in total. The minimum atomic E-state index is 0.567. The van der Waals surface area contributed by atoms with Crippen LogP contribution in [0.1, 0.15) is 58.8 Å². The van der Waals surface area contributed by atoms with E-state index in [4.69, 9.17) is 4.74 Å². The third-order valence-corrected chi connectivity index (χ3v) is 4.68. The number of hydrogen-bond acceptors (Lipinski definition) is 3. The van der Waals surface area contributed by atoms with Crippen molar-refractivity contribution in [2.75, 3.05) is 32.8 Å². The summed E-state index contributed by atoms with van der Waals surface area (Å²) in [5.74, 6) is 0.756. The second-order valence-electron chi connectivity index (χ2n) is 7.01. The van der Waals surface area contributed by atoms with Crippen molar-refractivity contribution in [3.63, 3.8) is 0 Å². The number of likely N-dealkylation sites (tertiary alicyclic amines) is 1. The van der Waals surface area contributed by atoms with Crippen molar-refractivity contribution in [1.82, 2.24) is 10.2 Å². The Morgan fingerprint density at radius 1 is 1.20 bits per heavy atom. The first-order chi connectivity index (χ1) is 9.75. The Morgan fingerprint density at radius 2 is 2.10 bits per heavy atom. The predicted molar refractivity (Wildman–Crippen MR) is 85.1 cm³/mol. The van der Waals surface area contributed by atoms with Crippen molar-refractivity contribution in [2.45, 2.75) is 70.9 Å². The van der Waals surface area contributed by atoms with Gasteiger partial charge in [0.1, 0.15) is 0 Å². The number of ether oxygens (including phenoxy) is 1. The van der Waals surface area contributed by atoms with E-state index in [0.29, 0.717) is 6.10 Å². The summed E-state index contributed by atoms with van der Waals surface area (Å²) in [5, 5.41) is 3.65. The van der Waals surface area contributed by atoms with Crippen LogP contribution in [0.2, 0.25) is 0 Å². The summed E-state index contributed by atoms with van der Waals surface area (Å²) >= 11 is 0. The Balaban J connectivity index is 1.63. The van der Waals surface area contributed by atoms with E-state index in [0.717, 1.165) is 25.1 Å². The van der Waals surface area contributed by atoms with Crippen molar-refractivity contribution >= 4 is 0 Å². The second kappa shape index (κ2) is 9.01. The highest BCUT2D eigenvalue weighted by Crippen LogP contribution is 2.20. The van der Waals surface area contributed by atoms with E-state index >= 15 is 0 Å². The van der Waals surface area contributed by atoms with Gasteiger partial charge >= 0.3 is 0 Å². The summed E-state index contributed by atoms with van der Waals surface area (Å²) < 4.78 is 5.73. The van der Waals surface area contributed by atoms with Gasteiger partial charge in [-0.2, -0.15) is 0 Å². The quantitative estimate of drug-likeness (QED) is 0.740. The maximum Gasteiger partial charge on any atom is 0.0576 e. The van der Waals surface area contributed by atoms with Crippen LogP contribution in [0, 0.1) is 5.92 Å². The van der Waals surface area contributed by atoms with Crippen LogP contribution in [0.25, 0.3) is 0 Å². The summed E-state index contributed by atoms with van der Waals surface area (Å²) in [6.45, 7) is 10.5. The second-order valence-corrected chi connectivity index (χ2v) is 7.01. The van der Waals surface area contributed by atoms with Gasteiger partial charge in [-0.3, -0.25) is 4.90 Å². The molecule has 0 spiro atoms. The van der Waals surface area contributed by atoms with E-state index in [1.165, 1.54) is 64.6 Å². The Morgan fingerprint density at radius 3 is 2.85 bits per heavy atom. The van der Waals surface area contributed by atoms with Gasteiger partial charge in [0.25, 0.3) is 0 Å². The molecule has 0 bridgehead atoms. The van der Waals surface area contributed by atoms with E-state index in [1.807, 2.05) is 0 Å². The van der Waals surface area contributed by atoms with Crippen LogP contribution in [0.15, 0.2) is 0 Å². The van der Waals surface area contributed by atoms with Crippen molar-refractivity contribution in [3.05, 3.63) is 0 Å². The minimum absolute atomic E-state index is 0.567. The van der Waals surface area contributed by atoms with E-state index in [1.54, 1.807) is 0 Å². The standard InChI is InChI=1S/C17H34N2O/c1-15(2)13-18-14-16-7-3-4-10-19(16)11-5-8-17-9-6-12-20-17/h15-18H,3-14H2,1-2H3. The first kappa shape index (κ1) is 16.3. The number of rotatable bonds is 8. The molecule has 2 rings (SSSR count). The number of nitrogens with zero attached hydrogens (tertiary/aromatic N) is 1. The highest BCUT2D eigenvalue weighted by molar-refractivity contribution is 4.79. The molecule has 2 saturated heterocycles. The van der Waals surface area contributed by atoms with Crippen LogP contribution in [0.5, 0.6) is 0 Å². The molecular formula is C17H34N2O. The highest BCUT2D eigenvalue weighted by Gasteiger charge is 2.22. The van der Waals surface area contributed by atoms with E-state index in [-0.39, 0.29) is 0 Å². The molecule has 2 heterocycles. The first-order valence-corrected chi connectivity index (χ1v) is 8.82. The summed E-state index contributed by atoms with van der Waals surface area (Å²) in [7, 11) is 0. The van der Waals surface area contributed by atoms with Gasteiger partial charge in [0.2, 0.25) is 0 Å². The minimum Gasteiger partial charge on any atom is -0.378 e. The molecular weight excluding hydrogens is 248 g/mol. The highest BCUT2D eigenvalue weighted by atomic mass is 16.5. The molecule has 0 radical (unpaired) electrons. The van der Waals surface area contributed by atoms with E-state index in [2.05, 4.69) is 24.1 Å². The van der Waals surface area contributed by atoms with Crippen molar-refractivity contribution in [2.24, 2.45) is 5.92 Å².